The van der Waals surface area contributed by atoms with E-state index >= 15 is 0 Å². The third kappa shape index (κ3) is 5.24. The molecule has 37 heavy (non-hydrogen) atoms. The smallest absolute Gasteiger partial charge is 0.309 e. The molecule has 2 aromatic heterocycles. The van der Waals surface area contributed by atoms with Crippen molar-refractivity contribution in [1.82, 2.24) is 30.1 Å². The minimum Gasteiger partial charge on any atom is -0.497 e. The molecule has 0 spiro atoms. The number of fused-ring (bicyclic) bond motifs is 1. The van der Waals surface area contributed by atoms with Crippen molar-refractivity contribution in [3.8, 4) is 5.75 Å². The van der Waals surface area contributed by atoms with Crippen LogP contribution >= 0.6 is 0 Å². The van der Waals surface area contributed by atoms with Gasteiger partial charge in [0.1, 0.15) is 11.8 Å². The molecule has 0 saturated carbocycles. The van der Waals surface area contributed by atoms with Gasteiger partial charge in [0.25, 0.3) is 5.56 Å². The van der Waals surface area contributed by atoms with Crippen molar-refractivity contribution < 1.29 is 14.3 Å². The van der Waals surface area contributed by atoms with Crippen molar-refractivity contribution in [3.63, 3.8) is 0 Å². The molecule has 0 unspecified atom stereocenters. The van der Waals surface area contributed by atoms with Crippen molar-refractivity contribution in [2.45, 2.75) is 32.4 Å². The van der Waals surface area contributed by atoms with E-state index in [4.69, 9.17) is 9.47 Å². The van der Waals surface area contributed by atoms with E-state index in [0.29, 0.717) is 56.2 Å². The van der Waals surface area contributed by atoms with Gasteiger partial charge in [-0.05, 0) is 60.0 Å². The highest BCUT2D eigenvalue weighted by atomic mass is 16.5. The third-order valence-electron chi connectivity index (χ3n) is 6.87. The van der Waals surface area contributed by atoms with E-state index in [-0.39, 0.29) is 17.4 Å². The van der Waals surface area contributed by atoms with Crippen LogP contribution in [-0.2, 0) is 16.1 Å². The zero-order valence-corrected chi connectivity index (χ0v) is 21.0. The van der Waals surface area contributed by atoms with Crippen molar-refractivity contribution in [2.24, 2.45) is 5.92 Å². The van der Waals surface area contributed by atoms with E-state index in [2.05, 4.69) is 25.4 Å². The summed E-state index contributed by atoms with van der Waals surface area (Å²) in [4.78, 5) is 31.0. The average Bonchev–Trinajstić information content (AvgIpc) is 3.37. The second kappa shape index (κ2) is 10.9. The van der Waals surface area contributed by atoms with Crippen molar-refractivity contribution in [3.05, 3.63) is 81.9 Å². The summed E-state index contributed by atoms with van der Waals surface area (Å²) in [5.74, 6) is 0.956. The molecule has 4 aromatic rings. The maximum Gasteiger partial charge on any atom is 0.309 e. The topological polar surface area (TPSA) is 115 Å². The van der Waals surface area contributed by atoms with Crippen molar-refractivity contribution in [1.29, 1.82) is 0 Å². The van der Waals surface area contributed by atoms with E-state index < -0.39 is 6.04 Å². The molecule has 1 fully saturated rings. The number of aromatic nitrogens is 5. The number of benzene rings is 2. The Balaban J connectivity index is 1.55. The molecule has 192 valence electrons. The number of esters is 1. The van der Waals surface area contributed by atoms with Crippen LogP contribution in [0.5, 0.6) is 5.75 Å². The second-order valence-electron chi connectivity index (χ2n) is 9.15. The average molecular weight is 503 g/mol. The Bertz CT molecular complexity index is 1430. The number of nitrogens with one attached hydrogen (secondary N) is 1. The minimum atomic E-state index is -0.499. The number of nitrogens with zero attached hydrogens (tertiary/aromatic N) is 5. The van der Waals surface area contributed by atoms with Crippen LogP contribution in [0.15, 0.2) is 59.4 Å². The lowest BCUT2D eigenvalue weighted by Gasteiger charge is -2.36. The number of rotatable bonds is 8. The van der Waals surface area contributed by atoms with Crippen LogP contribution in [0.4, 0.5) is 0 Å². The Morgan fingerprint density at radius 2 is 1.92 bits per heavy atom. The van der Waals surface area contributed by atoms with Crippen molar-refractivity contribution in [2.75, 3.05) is 26.8 Å². The fourth-order valence-corrected chi connectivity index (χ4v) is 4.96. The summed E-state index contributed by atoms with van der Waals surface area (Å²) >= 11 is 0. The molecule has 3 heterocycles. The number of hydrogen-bond acceptors (Lipinski definition) is 8. The maximum absolute atomic E-state index is 13.4. The number of tetrazole rings is 1. The standard InChI is InChI=1S/C27H30N6O4/c1-3-37-27(35)19-11-13-32(14-12-19)24(25-29-30-31-33(25)17-18-7-5-4-6-8-18)22-16-20-15-21(36-2)9-10-23(20)28-26(22)34/h4-10,15-16,19,24H,3,11-14,17H2,1-2H3,(H,28,34)/t24-/m0/s1. The summed E-state index contributed by atoms with van der Waals surface area (Å²) < 4.78 is 12.4. The molecule has 1 N–H and O–H groups in total. The van der Waals surface area contributed by atoms with E-state index in [1.807, 2.05) is 61.5 Å². The van der Waals surface area contributed by atoms with Crippen LogP contribution in [0.3, 0.4) is 0 Å². The van der Waals surface area contributed by atoms with Gasteiger partial charge < -0.3 is 14.5 Å². The van der Waals surface area contributed by atoms with Crippen LogP contribution in [-0.4, -0.2) is 62.9 Å². The predicted molar refractivity (Wildman–Crippen MR) is 137 cm³/mol. The fourth-order valence-electron chi connectivity index (χ4n) is 4.96. The second-order valence-corrected chi connectivity index (χ2v) is 9.15. The molecule has 10 heteroatoms. The number of carbonyl (C=O) groups excluding carboxylic acids is 1. The Morgan fingerprint density at radius 1 is 1.14 bits per heavy atom. The molecule has 2 aromatic carbocycles. The highest BCUT2D eigenvalue weighted by Gasteiger charge is 2.35. The summed E-state index contributed by atoms with van der Waals surface area (Å²) in [5.41, 5.74) is 2.11. The molecular weight excluding hydrogens is 472 g/mol. The molecule has 0 aliphatic carbocycles. The first-order valence-corrected chi connectivity index (χ1v) is 12.5. The number of pyridine rings is 1. The molecule has 1 saturated heterocycles. The first-order chi connectivity index (χ1) is 18.1. The molecule has 1 aliphatic rings. The van der Waals surface area contributed by atoms with Gasteiger partial charge >= 0.3 is 5.97 Å². The van der Waals surface area contributed by atoms with Gasteiger partial charge in [-0.1, -0.05) is 30.3 Å². The Morgan fingerprint density at radius 3 is 2.65 bits per heavy atom. The van der Waals surface area contributed by atoms with Gasteiger partial charge in [-0.25, -0.2) is 4.68 Å². The number of methoxy groups -OCH3 is 1. The largest absolute Gasteiger partial charge is 0.497 e. The summed E-state index contributed by atoms with van der Waals surface area (Å²) in [6, 6.07) is 16.9. The van der Waals surface area contributed by atoms with E-state index in [9.17, 15) is 9.59 Å². The third-order valence-corrected chi connectivity index (χ3v) is 6.87. The molecule has 0 radical (unpaired) electrons. The maximum atomic E-state index is 13.4. The number of carbonyl (C=O) groups is 1. The Labute approximate surface area is 214 Å². The molecule has 5 rings (SSSR count). The zero-order chi connectivity index (χ0) is 25.8. The lowest BCUT2D eigenvalue weighted by atomic mass is 9.94. The number of hydrogen-bond donors (Lipinski definition) is 1. The van der Waals surface area contributed by atoms with E-state index in [0.717, 1.165) is 16.5 Å². The van der Waals surface area contributed by atoms with E-state index in [1.165, 1.54) is 0 Å². The van der Waals surface area contributed by atoms with Gasteiger partial charge in [0.15, 0.2) is 5.82 Å². The van der Waals surface area contributed by atoms with E-state index in [1.54, 1.807) is 11.8 Å². The quantitative estimate of drug-likeness (QED) is 0.366. The zero-order valence-electron chi connectivity index (χ0n) is 21.0. The molecule has 1 aliphatic heterocycles. The van der Waals surface area contributed by atoms with Crippen LogP contribution in [0.25, 0.3) is 10.9 Å². The van der Waals surface area contributed by atoms with Gasteiger partial charge in [-0.2, -0.15) is 0 Å². The van der Waals surface area contributed by atoms with Crippen molar-refractivity contribution >= 4 is 16.9 Å². The highest BCUT2D eigenvalue weighted by Crippen LogP contribution is 2.32. The lowest BCUT2D eigenvalue weighted by molar-refractivity contribution is -0.149. The van der Waals surface area contributed by atoms with Crippen LogP contribution in [0.1, 0.15) is 42.8 Å². The highest BCUT2D eigenvalue weighted by molar-refractivity contribution is 5.80. The molecule has 0 bridgehead atoms. The van der Waals surface area contributed by atoms with Gasteiger partial charge in [-0.15, -0.1) is 5.10 Å². The number of likely N-dealkylation sites (tertiary alicyclic amines) is 1. The SMILES string of the molecule is CCOC(=O)C1CCN([C@@H](c2cc3cc(OC)ccc3[nH]c2=O)c2nnnn2Cc2ccccc2)CC1. The van der Waals surface area contributed by atoms with Crippen LogP contribution < -0.4 is 10.3 Å². The van der Waals surface area contributed by atoms with Gasteiger partial charge in [0.2, 0.25) is 0 Å². The van der Waals surface area contributed by atoms with Gasteiger partial charge in [-0.3, -0.25) is 14.5 Å². The number of piperidine rings is 1. The summed E-state index contributed by atoms with van der Waals surface area (Å²) in [6.45, 7) is 3.85. The normalized spacial score (nSPS) is 15.5. The summed E-state index contributed by atoms with van der Waals surface area (Å²) in [6.07, 6.45) is 1.27. The first-order valence-electron chi connectivity index (χ1n) is 12.5. The van der Waals surface area contributed by atoms with Crippen LogP contribution in [0.2, 0.25) is 0 Å². The number of aromatic amines is 1. The van der Waals surface area contributed by atoms with Gasteiger partial charge in [0, 0.05) is 29.6 Å². The molecular formula is C27H30N6O4. The Kier molecular flexibility index (Phi) is 7.27. The minimum absolute atomic E-state index is 0.156. The molecule has 1 atom stereocenters. The Hall–Kier alpha value is -4.05. The van der Waals surface area contributed by atoms with Gasteiger partial charge in [0.05, 0.1) is 26.2 Å². The van der Waals surface area contributed by atoms with Crippen LogP contribution in [0, 0.1) is 5.92 Å². The molecule has 10 nitrogen and oxygen atoms in total. The number of H-pyrrole nitrogens is 1. The lowest BCUT2D eigenvalue weighted by Crippen LogP contribution is -2.42. The first kappa shape index (κ1) is 24.6. The molecule has 0 amide bonds. The fraction of sp³-hybridized carbons (Fsp3) is 0.370. The number of ether oxygens (including phenoxy) is 2. The summed E-state index contributed by atoms with van der Waals surface area (Å²) in [7, 11) is 1.61. The summed E-state index contributed by atoms with van der Waals surface area (Å²) in [5, 5.41) is 13.5. The predicted octanol–water partition coefficient (Wildman–Crippen LogP) is 2.94. The monoisotopic (exact) mass is 502 g/mol.